The molecule has 0 aliphatic rings. The smallest absolute Gasteiger partial charge is 0.0667 e. The summed E-state index contributed by atoms with van der Waals surface area (Å²) >= 11 is 0. The van der Waals surface area contributed by atoms with Crippen LogP contribution in [0, 0.1) is 5.92 Å². The van der Waals surface area contributed by atoms with E-state index < -0.39 is 0 Å². The number of hydrogen-bond acceptors (Lipinski definition) is 3. The molecule has 0 fully saturated rings. The topological polar surface area (TPSA) is 41.5 Å². The van der Waals surface area contributed by atoms with Crippen LogP contribution in [0.15, 0.2) is 0 Å². The largest absolute Gasteiger partial charge is 0.392 e. The highest BCUT2D eigenvalue weighted by atomic mass is 16.5. The van der Waals surface area contributed by atoms with Crippen molar-refractivity contribution in [2.75, 3.05) is 13.7 Å². The Morgan fingerprint density at radius 1 is 1.25 bits per heavy atom. The lowest BCUT2D eigenvalue weighted by Gasteiger charge is -2.27. The minimum absolute atomic E-state index is 0.102. The summed E-state index contributed by atoms with van der Waals surface area (Å²) in [4.78, 5) is 0. The van der Waals surface area contributed by atoms with Gasteiger partial charge in [0.2, 0.25) is 0 Å². The lowest BCUT2D eigenvalue weighted by Crippen LogP contribution is -2.39. The maximum Gasteiger partial charge on any atom is 0.0667 e. The quantitative estimate of drug-likeness (QED) is 0.673. The molecular weight excluding hydrogens is 202 g/mol. The number of hydrogen-bond donors (Lipinski definition) is 2. The maximum atomic E-state index is 9.73. The number of methoxy groups -OCH3 is 1. The summed E-state index contributed by atoms with van der Waals surface area (Å²) in [5, 5.41) is 13.1. The van der Waals surface area contributed by atoms with E-state index in [9.17, 15) is 5.11 Å². The van der Waals surface area contributed by atoms with Crippen molar-refractivity contribution in [3.63, 3.8) is 0 Å². The van der Waals surface area contributed by atoms with Crippen LogP contribution in [-0.2, 0) is 4.74 Å². The second kappa shape index (κ2) is 7.25. The zero-order valence-electron chi connectivity index (χ0n) is 11.7. The van der Waals surface area contributed by atoms with Gasteiger partial charge in [-0.1, -0.05) is 13.8 Å². The molecule has 0 saturated carbocycles. The summed E-state index contributed by atoms with van der Waals surface area (Å²) in [6.07, 6.45) is 1.55. The Balaban J connectivity index is 3.76. The molecule has 2 N–H and O–H groups in total. The van der Waals surface area contributed by atoms with Crippen molar-refractivity contribution in [2.24, 2.45) is 5.92 Å². The van der Waals surface area contributed by atoms with Gasteiger partial charge in [0.15, 0.2) is 0 Å². The molecule has 0 aromatic heterocycles. The summed E-state index contributed by atoms with van der Waals surface area (Å²) in [6.45, 7) is 11.2. The van der Waals surface area contributed by atoms with Crippen LogP contribution in [0.5, 0.6) is 0 Å². The fraction of sp³-hybridized carbons (Fsp3) is 1.00. The number of nitrogens with one attached hydrogen (secondary N) is 1. The molecule has 3 nitrogen and oxygen atoms in total. The molecule has 0 aromatic carbocycles. The third-order valence-corrected chi connectivity index (χ3v) is 2.80. The fourth-order valence-corrected chi connectivity index (χ4v) is 1.86. The first-order valence-corrected chi connectivity index (χ1v) is 6.23. The lowest BCUT2D eigenvalue weighted by atomic mass is 9.99. The average molecular weight is 231 g/mol. The Labute approximate surface area is 101 Å². The molecule has 0 bridgehead atoms. The van der Waals surface area contributed by atoms with Gasteiger partial charge in [-0.15, -0.1) is 0 Å². The van der Waals surface area contributed by atoms with Crippen LogP contribution in [0.3, 0.4) is 0 Å². The van der Waals surface area contributed by atoms with Gasteiger partial charge < -0.3 is 15.2 Å². The Kier molecular flexibility index (Phi) is 7.20. The van der Waals surface area contributed by atoms with Gasteiger partial charge in [-0.3, -0.25) is 0 Å². The van der Waals surface area contributed by atoms with Gasteiger partial charge in [0.05, 0.1) is 11.7 Å². The second-order valence-electron chi connectivity index (χ2n) is 5.76. The molecule has 0 aliphatic heterocycles. The van der Waals surface area contributed by atoms with Crippen molar-refractivity contribution < 1.29 is 9.84 Å². The van der Waals surface area contributed by atoms with Crippen LogP contribution in [-0.4, -0.2) is 36.5 Å². The van der Waals surface area contributed by atoms with E-state index in [4.69, 9.17) is 4.74 Å². The zero-order chi connectivity index (χ0) is 12.8. The van der Waals surface area contributed by atoms with Crippen LogP contribution in [0.4, 0.5) is 0 Å². The number of aliphatic hydroxyl groups excluding tert-OH is 1. The first kappa shape index (κ1) is 15.9. The highest BCUT2D eigenvalue weighted by molar-refractivity contribution is 4.76. The fourth-order valence-electron chi connectivity index (χ4n) is 1.86. The van der Waals surface area contributed by atoms with E-state index in [0.717, 1.165) is 12.8 Å². The molecule has 98 valence electrons. The standard InChI is InChI=1S/C13H29NO2/c1-10(2)7-12(15)9-14-11(3)8-13(4,5)16-6/h10-12,14-15H,7-9H2,1-6H3. The predicted octanol–water partition coefficient (Wildman–Crippen LogP) is 2.19. The molecular formula is C13H29NO2. The molecule has 16 heavy (non-hydrogen) atoms. The Bertz CT molecular complexity index is 181. The van der Waals surface area contributed by atoms with Crippen molar-refractivity contribution in [1.29, 1.82) is 0 Å². The summed E-state index contributed by atoms with van der Waals surface area (Å²) < 4.78 is 5.38. The summed E-state index contributed by atoms with van der Waals surface area (Å²) in [7, 11) is 1.74. The van der Waals surface area contributed by atoms with Crippen LogP contribution in [0.2, 0.25) is 0 Å². The number of ether oxygens (including phenoxy) is 1. The average Bonchev–Trinajstić information content (AvgIpc) is 2.13. The molecule has 3 heteroatoms. The van der Waals surface area contributed by atoms with Crippen LogP contribution in [0.25, 0.3) is 0 Å². The summed E-state index contributed by atoms with van der Waals surface area (Å²) in [5.74, 6) is 0.544. The third-order valence-electron chi connectivity index (χ3n) is 2.80. The Morgan fingerprint density at radius 3 is 2.25 bits per heavy atom. The molecule has 0 aliphatic carbocycles. The van der Waals surface area contributed by atoms with Crippen molar-refractivity contribution in [2.45, 2.75) is 65.2 Å². The number of aliphatic hydroxyl groups is 1. The third kappa shape index (κ3) is 8.08. The van der Waals surface area contributed by atoms with Gasteiger partial charge in [0, 0.05) is 19.7 Å². The van der Waals surface area contributed by atoms with Crippen LogP contribution in [0.1, 0.15) is 47.5 Å². The van der Waals surface area contributed by atoms with Gasteiger partial charge in [0.25, 0.3) is 0 Å². The van der Waals surface area contributed by atoms with Crippen molar-refractivity contribution >= 4 is 0 Å². The predicted molar refractivity (Wildman–Crippen MR) is 68.6 cm³/mol. The van der Waals surface area contributed by atoms with Gasteiger partial charge in [0.1, 0.15) is 0 Å². The van der Waals surface area contributed by atoms with E-state index in [1.807, 2.05) is 0 Å². The van der Waals surface area contributed by atoms with E-state index in [1.165, 1.54) is 0 Å². The molecule has 0 aromatic rings. The highest BCUT2D eigenvalue weighted by Crippen LogP contribution is 2.15. The minimum atomic E-state index is -0.242. The maximum absolute atomic E-state index is 9.73. The second-order valence-corrected chi connectivity index (χ2v) is 5.76. The lowest BCUT2D eigenvalue weighted by molar-refractivity contribution is 0.00735. The van der Waals surface area contributed by atoms with Gasteiger partial charge in [-0.2, -0.15) is 0 Å². The summed E-state index contributed by atoms with van der Waals surface area (Å²) in [5.41, 5.74) is -0.102. The SMILES string of the molecule is COC(C)(C)CC(C)NCC(O)CC(C)C. The van der Waals surface area contributed by atoms with Gasteiger partial charge in [-0.25, -0.2) is 0 Å². The molecule has 0 spiro atoms. The molecule has 0 amide bonds. The molecule has 0 saturated heterocycles. The van der Waals surface area contributed by atoms with E-state index >= 15 is 0 Å². The molecule has 0 radical (unpaired) electrons. The van der Waals surface area contributed by atoms with E-state index in [2.05, 4.69) is 39.9 Å². The molecule has 2 atom stereocenters. The molecule has 0 rings (SSSR count). The van der Waals surface area contributed by atoms with Crippen LogP contribution < -0.4 is 5.32 Å². The highest BCUT2D eigenvalue weighted by Gasteiger charge is 2.20. The van der Waals surface area contributed by atoms with E-state index in [-0.39, 0.29) is 11.7 Å². The van der Waals surface area contributed by atoms with Gasteiger partial charge >= 0.3 is 0 Å². The normalized spacial score (nSPS) is 16.5. The van der Waals surface area contributed by atoms with Crippen molar-refractivity contribution in [3.05, 3.63) is 0 Å². The monoisotopic (exact) mass is 231 g/mol. The number of rotatable bonds is 8. The van der Waals surface area contributed by atoms with E-state index in [1.54, 1.807) is 7.11 Å². The Morgan fingerprint density at radius 2 is 1.81 bits per heavy atom. The van der Waals surface area contributed by atoms with Gasteiger partial charge in [-0.05, 0) is 39.5 Å². The minimum Gasteiger partial charge on any atom is -0.392 e. The zero-order valence-corrected chi connectivity index (χ0v) is 11.7. The van der Waals surface area contributed by atoms with Crippen molar-refractivity contribution in [1.82, 2.24) is 5.32 Å². The molecule has 0 heterocycles. The van der Waals surface area contributed by atoms with E-state index in [0.29, 0.717) is 18.5 Å². The van der Waals surface area contributed by atoms with Crippen LogP contribution >= 0.6 is 0 Å². The first-order chi connectivity index (χ1) is 7.26. The molecule has 2 unspecified atom stereocenters. The first-order valence-electron chi connectivity index (χ1n) is 6.23. The summed E-state index contributed by atoms with van der Waals surface area (Å²) in [6, 6.07) is 0.358. The van der Waals surface area contributed by atoms with Crippen molar-refractivity contribution in [3.8, 4) is 0 Å². The Hall–Kier alpha value is -0.120.